The number of halogens is 2. The van der Waals surface area contributed by atoms with Gasteiger partial charge in [0.25, 0.3) is 0 Å². The molecule has 0 radical (unpaired) electrons. The average Bonchev–Trinajstić information content (AvgIpc) is 2.96. The molecule has 0 saturated carbocycles. The van der Waals surface area contributed by atoms with Crippen LogP contribution in [0.5, 0.6) is 5.88 Å². The minimum atomic E-state index is -0.767. The van der Waals surface area contributed by atoms with E-state index in [1.54, 1.807) is 31.8 Å². The first-order valence-corrected chi connectivity index (χ1v) is 13.6. The van der Waals surface area contributed by atoms with Gasteiger partial charge in [-0.3, -0.25) is 14.7 Å². The summed E-state index contributed by atoms with van der Waals surface area (Å²) in [7, 11) is 1.57. The molecule has 0 spiro atoms. The van der Waals surface area contributed by atoms with E-state index in [1.807, 2.05) is 48.5 Å². The van der Waals surface area contributed by atoms with Crippen molar-refractivity contribution in [3.05, 3.63) is 88.8 Å². The number of ether oxygens (including phenoxy) is 1. The number of methoxy groups -OCH3 is 1. The van der Waals surface area contributed by atoms with Gasteiger partial charge in [-0.25, -0.2) is 15.0 Å². The standard InChI is InChI=1S/C30H24Cl2N6O3/c1-41-29-17(14-38-15-18(16-38)30(39)40)8-9-22(37-29)21-6-2-4-19(25(21)31)20-5-3-7-23(26(20)32)36-28-27-24(10-11-35-28)33-12-13-34-27/h2-13,18H,14-16H2,1H3,(H,35,36)(H,39,40). The molecule has 0 unspecified atom stereocenters. The minimum absolute atomic E-state index is 0.327. The average molecular weight is 587 g/mol. The molecule has 0 atom stereocenters. The first kappa shape index (κ1) is 26.9. The van der Waals surface area contributed by atoms with Crippen molar-refractivity contribution in [1.82, 2.24) is 24.8 Å². The highest BCUT2D eigenvalue weighted by molar-refractivity contribution is 6.39. The number of carboxylic acids is 1. The Morgan fingerprint density at radius 1 is 0.951 bits per heavy atom. The third kappa shape index (κ3) is 5.27. The van der Waals surface area contributed by atoms with Crippen molar-refractivity contribution in [3.63, 3.8) is 0 Å². The molecule has 1 fully saturated rings. The Morgan fingerprint density at radius 3 is 2.46 bits per heavy atom. The first-order chi connectivity index (χ1) is 19.9. The Morgan fingerprint density at radius 2 is 1.68 bits per heavy atom. The predicted molar refractivity (Wildman–Crippen MR) is 159 cm³/mol. The van der Waals surface area contributed by atoms with Gasteiger partial charge >= 0.3 is 5.97 Å². The summed E-state index contributed by atoms with van der Waals surface area (Å²) in [6.45, 7) is 1.57. The molecule has 1 aliphatic rings. The molecule has 3 aromatic heterocycles. The molecule has 1 saturated heterocycles. The molecule has 2 aromatic carbocycles. The second kappa shape index (κ2) is 11.3. The maximum absolute atomic E-state index is 11.1. The number of carbonyl (C=O) groups is 1. The molecule has 0 amide bonds. The highest BCUT2D eigenvalue weighted by atomic mass is 35.5. The summed E-state index contributed by atoms with van der Waals surface area (Å²) >= 11 is 13.9. The number of pyridine rings is 2. The topological polar surface area (TPSA) is 113 Å². The van der Waals surface area contributed by atoms with Gasteiger partial charge in [-0.15, -0.1) is 0 Å². The largest absolute Gasteiger partial charge is 0.481 e. The maximum atomic E-state index is 11.1. The number of nitrogens with one attached hydrogen (secondary N) is 1. The fourth-order valence-corrected chi connectivity index (χ4v) is 5.50. The van der Waals surface area contributed by atoms with E-state index in [0.717, 1.165) is 27.8 Å². The van der Waals surface area contributed by atoms with Crippen LogP contribution in [-0.4, -0.2) is 56.1 Å². The zero-order chi connectivity index (χ0) is 28.5. The van der Waals surface area contributed by atoms with E-state index in [0.29, 0.717) is 58.3 Å². The molecule has 0 aliphatic carbocycles. The van der Waals surface area contributed by atoms with Gasteiger partial charge in [0, 0.05) is 60.5 Å². The SMILES string of the molecule is COc1nc(-c2cccc(-c3cccc(Nc4nccc5nccnc45)c3Cl)c2Cl)ccc1CN1CC(C(=O)O)C1. The monoisotopic (exact) mass is 586 g/mol. The van der Waals surface area contributed by atoms with Crippen molar-refractivity contribution in [2.75, 3.05) is 25.5 Å². The van der Waals surface area contributed by atoms with Crippen molar-refractivity contribution in [3.8, 4) is 28.3 Å². The predicted octanol–water partition coefficient (Wildman–Crippen LogP) is 6.33. The number of likely N-dealkylation sites (tertiary alicyclic amines) is 1. The summed E-state index contributed by atoms with van der Waals surface area (Å²) in [6.07, 6.45) is 4.92. The smallest absolute Gasteiger partial charge is 0.309 e. The number of rotatable bonds is 8. The zero-order valence-electron chi connectivity index (χ0n) is 21.9. The van der Waals surface area contributed by atoms with Gasteiger partial charge in [-0.2, -0.15) is 0 Å². The lowest BCUT2D eigenvalue weighted by atomic mass is 9.99. The number of aromatic nitrogens is 4. The van der Waals surface area contributed by atoms with Crippen LogP contribution in [-0.2, 0) is 11.3 Å². The number of nitrogens with zero attached hydrogens (tertiary/aromatic N) is 5. The lowest BCUT2D eigenvalue weighted by Gasteiger charge is -2.36. The third-order valence-corrected chi connectivity index (χ3v) is 7.85. The lowest BCUT2D eigenvalue weighted by Crippen LogP contribution is -2.49. The van der Waals surface area contributed by atoms with Crippen LogP contribution in [0.2, 0.25) is 10.0 Å². The van der Waals surface area contributed by atoms with Crippen molar-refractivity contribution in [2.45, 2.75) is 6.54 Å². The fourth-order valence-electron chi connectivity index (χ4n) is 4.90. The molecular formula is C30H24Cl2N6O3. The molecule has 1 aliphatic heterocycles. The van der Waals surface area contributed by atoms with Crippen LogP contribution >= 0.6 is 23.2 Å². The minimum Gasteiger partial charge on any atom is -0.481 e. The van der Waals surface area contributed by atoms with Crippen LogP contribution in [0.15, 0.2) is 73.2 Å². The second-order valence-corrected chi connectivity index (χ2v) is 10.4. The molecule has 41 heavy (non-hydrogen) atoms. The Bertz CT molecular complexity index is 1770. The molecule has 4 heterocycles. The number of aliphatic carboxylic acids is 1. The summed E-state index contributed by atoms with van der Waals surface area (Å²) in [5, 5.41) is 13.4. The summed E-state index contributed by atoms with van der Waals surface area (Å²) in [5.74, 6) is -0.0790. The summed E-state index contributed by atoms with van der Waals surface area (Å²) in [6, 6.07) is 17.0. The lowest BCUT2D eigenvalue weighted by molar-refractivity contribution is -0.147. The number of hydrogen-bond acceptors (Lipinski definition) is 8. The quantitative estimate of drug-likeness (QED) is 0.215. The molecule has 2 N–H and O–H groups in total. The van der Waals surface area contributed by atoms with Crippen LogP contribution in [0.25, 0.3) is 33.4 Å². The normalized spacial score (nSPS) is 13.6. The van der Waals surface area contributed by atoms with Crippen molar-refractivity contribution < 1.29 is 14.6 Å². The number of carboxylic acid groups (broad SMARTS) is 1. The van der Waals surface area contributed by atoms with E-state index in [1.165, 1.54) is 0 Å². The number of anilines is 2. The molecule has 5 aromatic rings. The number of fused-ring (bicyclic) bond motifs is 1. The Balaban J connectivity index is 1.30. The summed E-state index contributed by atoms with van der Waals surface area (Å²) < 4.78 is 5.59. The van der Waals surface area contributed by atoms with Crippen LogP contribution in [0.4, 0.5) is 11.5 Å². The van der Waals surface area contributed by atoms with Crippen molar-refractivity contribution in [1.29, 1.82) is 0 Å². The molecule has 11 heteroatoms. The van der Waals surface area contributed by atoms with Crippen LogP contribution in [0.3, 0.4) is 0 Å². The van der Waals surface area contributed by atoms with Crippen LogP contribution in [0.1, 0.15) is 5.56 Å². The van der Waals surface area contributed by atoms with Crippen molar-refractivity contribution in [2.24, 2.45) is 5.92 Å². The fraction of sp³-hybridized carbons (Fsp3) is 0.167. The molecule has 206 valence electrons. The highest BCUT2D eigenvalue weighted by Gasteiger charge is 2.32. The van der Waals surface area contributed by atoms with E-state index in [9.17, 15) is 4.79 Å². The molecule has 9 nitrogen and oxygen atoms in total. The van der Waals surface area contributed by atoms with E-state index < -0.39 is 5.97 Å². The summed E-state index contributed by atoms with van der Waals surface area (Å²) in [5.41, 5.74) is 5.74. The zero-order valence-corrected chi connectivity index (χ0v) is 23.4. The Labute approximate surface area is 245 Å². The van der Waals surface area contributed by atoms with Gasteiger partial charge in [0.2, 0.25) is 5.88 Å². The maximum Gasteiger partial charge on any atom is 0.309 e. The number of benzene rings is 2. The van der Waals surface area contributed by atoms with Crippen molar-refractivity contribution >= 4 is 51.7 Å². The summed E-state index contributed by atoms with van der Waals surface area (Å²) in [4.78, 5) is 31.1. The third-order valence-electron chi connectivity index (χ3n) is 7.04. The van der Waals surface area contributed by atoms with Gasteiger partial charge in [0.1, 0.15) is 5.52 Å². The van der Waals surface area contributed by atoms with Gasteiger partial charge < -0.3 is 15.2 Å². The van der Waals surface area contributed by atoms with Crippen LogP contribution in [0, 0.1) is 5.92 Å². The Hall–Kier alpha value is -4.31. The van der Waals surface area contributed by atoms with E-state index in [4.69, 9.17) is 38.0 Å². The van der Waals surface area contributed by atoms with Gasteiger partial charge in [0.15, 0.2) is 5.82 Å². The number of hydrogen-bond donors (Lipinski definition) is 2. The van der Waals surface area contributed by atoms with E-state index in [2.05, 4.69) is 25.2 Å². The highest BCUT2D eigenvalue weighted by Crippen LogP contribution is 2.42. The van der Waals surface area contributed by atoms with Gasteiger partial charge in [-0.1, -0.05) is 59.6 Å². The first-order valence-electron chi connectivity index (χ1n) is 12.8. The molecular weight excluding hydrogens is 563 g/mol. The van der Waals surface area contributed by atoms with Crippen LogP contribution < -0.4 is 10.1 Å². The second-order valence-electron chi connectivity index (χ2n) is 9.64. The van der Waals surface area contributed by atoms with Gasteiger partial charge in [-0.05, 0) is 18.2 Å². The molecule has 6 rings (SSSR count). The van der Waals surface area contributed by atoms with E-state index in [-0.39, 0.29) is 5.92 Å². The Kier molecular flexibility index (Phi) is 7.40. The molecule has 0 bridgehead atoms. The van der Waals surface area contributed by atoms with E-state index >= 15 is 0 Å². The van der Waals surface area contributed by atoms with Gasteiger partial charge in [0.05, 0.1) is 40.0 Å².